The number of esters is 1. The molecular weight excluding hydrogens is 264 g/mol. The maximum absolute atomic E-state index is 11.8. The normalized spacial score (nSPS) is 22.0. The fourth-order valence-corrected chi connectivity index (χ4v) is 3.19. The second-order valence-corrected chi connectivity index (χ2v) is 5.83. The number of carbonyl (C=O) groups excluding carboxylic acids is 1. The third-order valence-corrected chi connectivity index (χ3v) is 4.45. The molecule has 3 N–H and O–H groups in total. The molecular formula is C17H26N2O2. The molecule has 0 heterocycles. The van der Waals surface area contributed by atoms with Gasteiger partial charge in [-0.3, -0.25) is 4.79 Å². The first kappa shape index (κ1) is 15.8. The zero-order valence-corrected chi connectivity index (χ0v) is 12.8. The first-order chi connectivity index (χ1) is 10.2. The van der Waals surface area contributed by atoms with Crippen molar-refractivity contribution in [1.82, 2.24) is 5.32 Å². The van der Waals surface area contributed by atoms with Crippen molar-refractivity contribution < 1.29 is 9.53 Å². The number of hydrogen-bond acceptors (Lipinski definition) is 4. The molecule has 4 nitrogen and oxygen atoms in total. The summed E-state index contributed by atoms with van der Waals surface area (Å²) in [6, 6.07) is 7.97. The van der Waals surface area contributed by atoms with E-state index >= 15 is 0 Å². The van der Waals surface area contributed by atoms with Crippen LogP contribution in [0.1, 0.15) is 31.2 Å². The largest absolute Gasteiger partial charge is 0.469 e. The van der Waals surface area contributed by atoms with Gasteiger partial charge in [0.1, 0.15) is 0 Å². The zero-order valence-electron chi connectivity index (χ0n) is 12.8. The standard InChI is InChI=1S/C17H26N2O2/c1-21-17(20)15-8-4-2-7-14(15)12-19-11-10-13-6-3-5-9-16(13)18/h3,5-6,9,14-15,19H,2,4,7-8,10-12,18H2,1H3. The summed E-state index contributed by atoms with van der Waals surface area (Å²) >= 11 is 0. The number of ether oxygens (including phenoxy) is 1. The van der Waals surface area contributed by atoms with Crippen LogP contribution < -0.4 is 11.1 Å². The smallest absolute Gasteiger partial charge is 0.308 e. The lowest BCUT2D eigenvalue weighted by molar-refractivity contribution is -0.148. The van der Waals surface area contributed by atoms with E-state index in [-0.39, 0.29) is 11.9 Å². The number of para-hydroxylation sites is 1. The summed E-state index contributed by atoms with van der Waals surface area (Å²) in [5, 5.41) is 3.48. The van der Waals surface area contributed by atoms with Gasteiger partial charge in [-0.1, -0.05) is 31.0 Å². The van der Waals surface area contributed by atoms with E-state index in [4.69, 9.17) is 10.5 Å². The summed E-state index contributed by atoms with van der Waals surface area (Å²) in [4.78, 5) is 11.8. The van der Waals surface area contributed by atoms with Crippen molar-refractivity contribution in [3.05, 3.63) is 29.8 Å². The van der Waals surface area contributed by atoms with Gasteiger partial charge in [0.25, 0.3) is 0 Å². The number of anilines is 1. The quantitative estimate of drug-likeness (QED) is 0.479. The van der Waals surface area contributed by atoms with Crippen LogP contribution in [0, 0.1) is 11.8 Å². The van der Waals surface area contributed by atoms with Crippen LogP contribution in [0.2, 0.25) is 0 Å². The van der Waals surface area contributed by atoms with Crippen LogP contribution in [-0.4, -0.2) is 26.2 Å². The number of methoxy groups -OCH3 is 1. The molecule has 4 heteroatoms. The van der Waals surface area contributed by atoms with Gasteiger partial charge in [0, 0.05) is 5.69 Å². The first-order valence-corrected chi connectivity index (χ1v) is 7.84. The van der Waals surface area contributed by atoms with Crippen molar-refractivity contribution in [3.63, 3.8) is 0 Å². The Morgan fingerprint density at radius 2 is 2.10 bits per heavy atom. The number of carbonyl (C=O) groups is 1. The predicted octanol–water partition coefficient (Wildman–Crippen LogP) is 2.38. The number of hydrogen-bond donors (Lipinski definition) is 2. The molecule has 1 aliphatic rings. The van der Waals surface area contributed by atoms with Crippen LogP contribution >= 0.6 is 0 Å². The fourth-order valence-electron chi connectivity index (χ4n) is 3.19. The molecule has 1 fully saturated rings. The highest BCUT2D eigenvalue weighted by atomic mass is 16.5. The average molecular weight is 290 g/mol. The van der Waals surface area contributed by atoms with Crippen molar-refractivity contribution in [1.29, 1.82) is 0 Å². The number of rotatable bonds is 6. The van der Waals surface area contributed by atoms with Crippen LogP contribution in [0.5, 0.6) is 0 Å². The van der Waals surface area contributed by atoms with Gasteiger partial charge in [-0.25, -0.2) is 0 Å². The Labute approximate surface area is 127 Å². The van der Waals surface area contributed by atoms with Crippen LogP contribution in [0.4, 0.5) is 5.69 Å². The predicted molar refractivity (Wildman–Crippen MR) is 84.9 cm³/mol. The lowest BCUT2D eigenvalue weighted by atomic mass is 9.79. The molecule has 116 valence electrons. The molecule has 0 bridgehead atoms. The maximum Gasteiger partial charge on any atom is 0.308 e. The van der Waals surface area contributed by atoms with Crippen molar-refractivity contribution >= 4 is 11.7 Å². The van der Waals surface area contributed by atoms with Crippen molar-refractivity contribution in [2.24, 2.45) is 11.8 Å². The highest BCUT2D eigenvalue weighted by molar-refractivity contribution is 5.72. The SMILES string of the molecule is COC(=O)C1CCCCC1CNCCc1ccccc1N. The number of nitrogens with two attached hydrogens (primary N) is 1. The molecule has 21 heavy (non-hydrogen) atoms. The highest BCUT2D eigenvalue weighted by Gasteiger charge is 2.31. The molecule has 0 amide bonds. The van der Waals surface area contributed by atoms with Crippen molar-refractivity contribution in [2.45, 2.75) is 32.1 Å². The van der Waals surface area contributed by atoms with Gasteiger partial charge >= 0.3 is 5.97 Å². The minimum atomic E-state index is -0.0474. The molecule has 2 rings (SSSR count). The molecule has 0 saturated heterocycles. The van der Waals surface area contributed by atoms with Crippen LogP contribution in [-0.2, 0) is 16.0 Å². The Morgan fingerprint density at radius 1 is 1.33 bits per heavy atom. The molecule has 2 atom stereocenters. The molecule has 1 aromatic rings. The molecule has 1 saturated carbocycles. The minimum Gasteiger partial charge on any atom is -0.469 e. The molecule has 0 aromatic heterocycles. The Bertz CT molecular complexity index is 462. The summed E-state index contributed by atoms with van der Waals surface area (Å²) < 4.78 is 4.93. The van der Waals surface area contributed by atoms with E-state index in [1.807, 2.05) is 18.2 Å². The Kier molecular flexibility index (Phi) is 6.05. The van der Waals surface area contributed by atoms with E-state index in [2.05, 4.69) is 11.4 Å². The summed E-state index contributed by atoms with van der Waals surface area (Å²) in [6.07, 6.45) is 5.34. The number of nitrogen functional groups attached to an aromatic ring is 1. The third kappa shape index (κ3) is 4.46. The molecule has 0 radical (unpaired) electrons. The zero-order chi connectivity index (χ0) is 15.1. The van der Waals surface area contributed by atoms with Gasteiger partial charge in [0.15, 0.2) is 0 Å². The van der Waals surface area contributed by atoms with Crippen LogP contribution in [0.3, 0.4) is 0 Å². The average Bonchev–Trinajstić information content (AvgIpc) is 2.52. The highest BCUT2D eigenvalue weighted by Crippen LogP contribution is 2.30. The second-order valence-electron chi connectivity index (χ2n) is 5.83. The first-order valence-electron chi connectivity index (χ1n) is 7.84. The molecule has 0 aliphatic heterocycles. The van der Waals surface area contributed by atoms with Gasteiger partial charge < -0.3 is 15.8 Å². The van der Waals surface area contributed by atoms with E-state index in [1.54, 1.807) is 0 Å². The van der Waals surface area contributed by atoms with E-state index < -0.39 is 0 Å². The monoisotopic (exact) mass is 290 g/mol. The summed E-state index contributed by atoms with van der Waals surface area (Å²) in [6.45, 7) is 1.77. The van der Waals surface area contributed by atoms with Gasteiger partial charge in [-0.15, -0.1) is 0 Å². The molecule has 1 aromatic carbocycles. The van der Waals surface area contributed by atoms with Crippen LogP contribution in [0.15, 0.2) is 24.3 Å². The van der Waals surface area contributed by atoms with Crippen molar-refractivity contribution in [2.75, 3.05) is 25.9 Å². The van der Waals surface area contributed by atoms with Gasteiger partial charge in [-0.2, -0.15) is 0 Å². The molecule has 0 spiro atoms. The topological polar surface area (TPSA) is 64.3 Å². The van der Waals surface area contributed by atoms with Gasteiger partial charge in [-0.05, 0) is 49.9 Å². The van der Waals surface area contributed by atoms with Crippen LogP contribution in [0.25, 0.3) is 0 Å². The lowest BCUT2D eigenvalue weighted by Gasteiger charge is -2.29. The number of benzene rings is 1. The number of nitrogens with one attached hydrogen (secondary N) is 1. The van der Waals surface area contributed by atoms with E-state index in [9.17, 15) is 4.79 Å². The van der Waals surface area contributed by atoms with E-state index in [1.165, 1.54) is 19.1 Å². The summed E-state index contributed by atoms with van der Waals surface area (Å²) in [7, 11) is 1.49. The van der Waals surface area contributed by atoms with Gasteiger partial charge in [0.2, 0.25) is 0 Å². The Morgan fingerprint density at radius 3 is 2.86 bits per heavy atom. The van der Waals surface area contributed by atoms with Crippen molar-refractivity contribution in [3.8, 4) is 0 Å². The fraction of sp³-hybridized carbons (Fsp3) is 0.588. The lowest BCUT2D eigenvalue weighted by Crippen LogP contribution is -2.36. The maximum atomic E-state index is 11.8. The minimum absolute atomic E-state index is 0.0474. The van der Waals surface area contributed by atoms with Gasteiger partial charge in [0.05, 0.1) is 13.0 Å². The summed E-state index contributed by atoms with van der Waals surface area (Å²) in [5.74, 6) is 0.422. The summed E-state index contributed by atoms with van der Waals surface area (Å²) in [5.41, 5.74) is 7.97. The Hall–Kier alpha value is -1.55. The van der Waals surface area contributed by atoms with E-state index in [0.29, 0.717) is 5.92 Å². The Balaban J connectivity index is 1.76. The molecule has 1 aliphatic carbocycles. The third-order valence-electron chi connectivity index (χ3n) is 4.45. The second kappa shape index (κ2) is 8.03. The van der Waals surface area contributed by atoms with E-state index in [0.717, 1.165) is 44.5 Å². The molecule has 2 unspecified atom stereocenters.